The van der Waals surface area contributed by atoms with Crippen molar-refractivity contribution in [3.05, 3.63) is 99.9 Å². The molecule has 174 valence electrons. The molecule has 0 fully saturated rings. The van der Waals surface area contributed by atoms with E-state index in [9.17, 15) is 14.0 Å². The van der Waals surface area contributed by atoms with Gasteiger partial charge in [0.2, 0.25) is 0 Å². The van der Waals surface area contributed by atoms with E-state index < -0.39 is 11.7 Å². The molecule has 2 aromatic carbocycles. The Bertz CT molecular complexity index is 1310. The van der Waals surface area contributed by atoms with Gasteiger partial charge >= 0.3 is 0 Å². The lowest BCUT2D eigenvalue weighted by Crippen LogP contribution is -2.24. The predicted octanol–water partition coefficient (Wildman–Crippen LogP) is 5.30. The molecule has 0 aliphatic carbocycles. The Morgan fingerprint density at radius 3 is 2.59 bits per heavy atom. The molecule has 2 N–H and O–H groups in total. The van der Waals surface area contributed by atoms with Crippen molar-refractivity contribution < 1.29 is 14.0 Å². The van der Waals surface area contributed by atoms with Gasteiger partial charge in [0.1, 0.15) is 5.82 Å². The Hall–Kier alpha value is -3.78. The third-order valence-corrected chi connectivity index (χ3v) is 6.53. The Morgan fingerprint density at radius 1 is 1.03 bits per heavy atom. The number of benzene rings is 2. The molecule has 0 saturated carbocycles. The van der Waals surface area contributed by atoms with Crippen molar-refractivity contribution >= 4 is 28.2 Å². The minimum atomic E-state index is -0.474. The quantitative estimate of drug-likeness (QED) is 0.339. The van der Waals surface area contributed by atoms with E-state index >= 15 is 0 Å². The van der Waals surface area contributed by atoms with Crippen molar-refractivity contribution in [2.24, 2.45) is 0 Å². The molecule has 0 aliphatic heterocycles. The van der Waals surface area contributed by atoms with Crippen molar-refractivity contribution in [1.82, 2.24) is 15.1 Å². The minimum absolute atomic E-state index is 0.176. The molecule has 8 heteroatoms. The van der Waals surface area contributed by atoms with Crippen molar-refractivity contribution in [2.75, 3.05) is 11.9 Å². The van der Waals surface area contributed by atoms with Crippen LogP contribution in [0.25, 0.3) is 5.69 Å². The van der Waals surface area contributed by atoms with Crippen LogP contribution in [0, 0.1) is 19.7 Å². The number of carbonyl (C=O) groups excluding carboxylic acids is 2. The van der Waals surface area contributed by atoms with Crippen LogP contribution in [0.3, 0.4) is 0 Å². The fourth-order valence-electron chi connectivity index (χ4n) is 3.60. The van der Waals surface area contributed by atoms with E-state index in [0.29, 0.717) is 16.4 Å². The highest BCUT2D eigenvalue weighted by Crippen LogP contribution is 2.27. The highest BCUT2D eigenvalue weighted by molar-refractivity contribution is 7.18. The molecule has 0 saturated heterocycles. The van der Waals surface area contributed by atoms with Crippen molar-refractivity contribution in [3.8, 4) is 5.69 Å². The summed E-state index contributed by atoms with van der Waals surface area (Å²) in [6.45, 7) is 4.34. The maximum Gasteiger partial charge on any atom is 0.261 e. The van der Waals surface area contributed by atoms with Crippen LogP contribution in [0.1, 0.15) is 43.3 Å². The average molecular weight is 477 g/mol. The van der Waals surface area contributed by atoms with Gasteiger partial charge in [-0.25, -0.2) is 9.07 Å². The number of aryl methyl sites for hydroxylation is 3. The zero-order valence-electron chi connectivity index (χ0n) is 19.0. The Balaban J connectivity index is 1.30. The normalized spacial score (nSPS) is 10.8. The summed E-state index contributed by atoms with van der Waals surface area (Å²) in [5.74, 6) is -1.07. The zero-order chi connectivity index (χ0) is 24.1. The van der Waals surface area contributed by atoms with Crippen LogP contribution in [-0.2, 0) is 6.42 Å². The third-order valence-electron chi connectivity index (χ3n) is 5.38. The fourth-order valence-corrected chi connectivity index (χ4v) is 4.58. The van der Waals surface area contributed by atoms with E-state index in [1.165, 1.54) is 35.6 Å². The molecule has 4 rings (SSSR count). The second kappa shape index (κ2) is 10.4. The van der Waals surface area contributed by atoms with Gasteiger partial charge in [0, 0.05) is 18.3 Å². The topological polar surface area (TPSA) is 76.0 Å². The molecule has 0 radical (unpaired) electrons. The van der Waals surface area contributed by atoms with Gasteiger partial charge in [-0.15, -0.1) is 11.3 Å². The molecule has 6 nitrogen and oxygen atoms in total. The van der Waals surface area contributed by atoms with Crippen molar-refractivity contribution in [2.45, 2.75) is 26.7 Å². The maximum atomic E-state index is 13.4. The summed E-state index contributed by atoms with van der Waals surface area (Å²) in [6, 6.07) is 17.2. The van der Waals surface area contributed by atoms with Gasteiger partial charge < -0.3 is 10.6 Å². The summed E-state index contributed by atoms with van der Waals surface area (Å²) in [4.78, 5) is 25.6. The van der Waals surface area contributed by atoms with Gasteiger partial charge in [-0.05, 0) is 74.2 Å². The lowest BCUT2D eigenvalue weighted by molar-refractivity contribution is 0.0955. The van der Waals surface area contributed by atoms with Crippen LogP contribution in [0.2, 0.25) is 0 Å². The molecule has 2 heterocycles. The number of anilines is 1. The maximum absolute atomic E-state index is 13.4. The number of carbonyl (C=O) groups is 2. The van der Waals surface area contributed by atoms with Crippen LogP contribution in [-0.4, -0.2) is 28.1 Å². The standard InChI is InChI=1S/C26H25FN4O2S/c1-17-14-23(29-25(32)19-8-6-10-21(27)15-19)34-24(17)26(33)28-13-7-9-20-16-31(30-18(20)2)22-11-4-3-5-12-22/h3-6,8,10-12,14-16H,7,9,13H2,1-2H3,(H,28,33)(H,29,32). The summed E-state index contributed by atoms with van der Waals surface area (Å²) in [5.41, 5.74) is 4.13. The Morgan fingerprint density at radius 2 is 1.82 bits per heavy atom. The van der Waals surface area contributed by atoms with Gasteiger partial charge in [-0.1, -0.05) is 24.3 Å². The summed E-state index contributed by atoms with van der Waals surface area (Å²) in [6.07, 6.45) is 3.61. The summed E-state index contributed by atoms with van der Waals surface area (Å²) < 4.78 is 15.2. The molecule has 2 aromatic heterocycles. The van der Waals surface area contributed by atoms with Crippen LogP contribution in [0.15, 0.2) is 66.9 Å². The van der Waals surface area contributed by atoms with E-state index in [2.05, 4.69) is 15.7 Å². The smallest absolute Gasteiger partial charge is 0.261 e. The molecule has 2 amide bonds. The van der Waals surface area contributed by atoms with E-state index in [1.54, 1.807) is 6.07 Å². The first-order valence-electron chi connectivity index (χ1n) is 11.0. The summed E-state index contributed by atoms with van der Waals surface area (Å²) >= 11 is 1.20. The summed E-state index contributed by atoms with van der Waals surface area (Å²) in [5, 5.41) is 10.8. The molecular formula is C26H25FN4O2S. The number of nitrogens with one attached hydrogen (secondary N) is 2. The lowest BCUT2D eigenvalue weighted by Gasteiger charge is -2.04. The minimum Gasteiger partial charge on any atom is -0.351 e. The van der Waals surface area contributed by atoms with Crippen LogP contribution in [0.4, 0.5) is 9.39 Å². The van der Waals surface area contributed by atoms with Crippen LogP contribution >= 0.6 is 11.3 Å². The third kappa shape index (κ3) is 5.58. The van der Waals surface area contributed by atoms with E-state index in [0.717, 1.165) is 35.3 Å². The summed E-state index contributed by atoms with van der Waals surface area (Å²) in [7, 11) is 0. The Labute approximate surface area is 201 Å². The number of aromatic nitrogens is 2. The number of rotatable bonds is 8. The van der Waals surface area contributed by atoms with Crippen LogP contribution < -0.4 is 10.6 Å². The molecule has 4 aromatic rings. The number of nitrogens with zero attached hydrogens (tertiary/aromatic N) is 2. The van der Waals surface area contributed by atoms with E-state index in [-0.39, 0.29) is 11.5 Å². The van der Waals surface area contributed by atoms with E-state index in [1.807, 2.05) is 55.1 Å². The van der Waals surface area contributed by atoms with Gasteiger partial charge in [-0.2, -0.15) is 5.10 Å². The number of hydrogen-bond acceptors (Lipinski definition) is 4. The first kappa shape index (κ1) is 23.4. The number of amides is 2. The molecule has 0 aliphatic rings. The van der Waals surface area contributed by atoms with Gasteiger partial charge in [0.15, 0.2) is 0 Å². The first-order chi connectivity index (χ1) is 16.4. The molecular weight excluding hydrogens is 451 g/mol. The number of para-hydroxylation sites is 1. The first-order valence-corrected chi connectivity index (χ1v) is 11.8. The molecule has 0 spiro atoms. The lowest BCUT2D eigenvalue weighted by atomic mass is 10.1. The van der Waals surface area contributed by atoms with Gasteiger partial charge in [0.25, 0.3) is 11.8 Å². The zero-order valence-corrected chi connectivity index (χ0v) is 19.8. The SMILES string of the molecule is Cc1cc(NC(=O)c2cccc(F)c2)sc1C(=O)NCCCc1cn(-c2ccccc2)nc1C. The van der Waals surface area contributed by atoms with Crippen molar-refractivity contribution in [3.63, 3.8) is 0 Å². The molecule has 34 heavy (non-hydrogen) atoms. The van der Waals surface area contributed by atoms with Crippen LogP contribution in [0.5, 0.6) is 0 Å². The second-order valence-corrected chi connectivity index (χ2v) is 9.02. The van der Waals surface area contributed by atoms with Gasteiger partial charge in [0.05, 0.1) is 21.3 Å². The second-order valence-electron chi connectivity index (χ2n) is 7.97. The number of thiophene rings is 1. The average Bonchev–Trinajstić information content (AvgIpc) is 3.39. The van der Waals surface area contributed by atoms with E-state index in [4.69, 9.17) is 0 Å². The Kier molecular flexibility index (Phi) is 7.18. The largest absolute Gasteiger partial charge is 0.351 e. The predicted molar refractivity (Wildman–Crippen MR) is 132 cm³/mol. The molecule has 0 atom stereocenters. The fraction of sp³-hybridized carbons (Fsp3) is 0.192. The van der Waals surface area contributed by atoms with Crippen molar-refractivity contribution in [1.29, 1.82) is 0 Å². The molecule has 0 bridgehead atoms. The van der Waals surface area contributed by atoms with Gasteiger partial charge in [-0.3, -0.25) is 9.59 Å². The monoisotopic (exact) mass is 476 g/mol. The molecule has 0 unspecified atom stereocenters. The highest BCUT2D eigenvalue weighted by atomic mass is 32.1. The number of halogens is 1. The highest BCUT2D eigenvalue weighted by Gasteiger charge is 2.16. The number of hydrogen-bond donors (Lipinski definition) is 2.